The van der Waals surface area contributed by atoms with Crippen molar-refractivity contribution in [2.75, 3.05) is 32.6 Å². The van der Waals surface area contributed by atoms with Crippen molar-refractivity contribution in [2.45, 2.75) is 6.92 Å². The zero-order valence-electron chi connectivity index (χ0n) is 13.2. The third kappa shape index (κ3) is 4.86. The summed E-state index contributed by atoms with van der Waals surface area (Å²) in [6.45, 7) is 3.39. The molecule has 1 aromatic heterocycles. The highest BCUT2D eigenvalue weighted by Crippen LogP contribution is 2.13. The van der Waals surface area contributed by atoms with Crippen LogP contribution >= 0.6 is 0 Å². The summed E-state index contributed by atoms with van der Waals surface area (Å²) in [5, 5.41) is 2.81. The number of benzene rings is 1. The first-order chi connectivity index (χ1) is 10.5. The first kappa shape index (κ1) is 16.0. The van der Waals surface area contributed by atoms with Gasteiger partial charge in [0.25, 0.3) is 5.91 Å². The van der Waals surface area contributed by atoms with E-state index < -0.39 is 0 Å². The van der Waals surface area contributed by atoms with Crippen molar-refractivity contribution >= 4 is 11.6 Å². The molecule has 0 bridgehead atoms. The van der Waals surface area contributed by atoms with Gasteiger partial charge in [-0.2, -0.15) is 0 Å². The van der Waals surface area contributed by atoms with Crippen molar-refractivity contribution in [3.63, 3.8) is 0 Å². The van der Waals surface area contributed by atoms with E-state index >= 15 is 0 Å². The van der Waals surface area contributed by atoms with Gasteiger partial charge < -0.3 is 15.0 Å². The summed E-state index contributed by atoms with van der Waals surface area (Å²) < 4.78 is 5.51. The Kier molecular flexibility index (Phi) is 5.49. The molecule has 2 aromatic rings. The van der Waals surface area contributed by atoms with Gasteiger partial charge in [0, 0.05) is 18.2 Å². The number of anilines is 1. The van der Waals surface area contributed by atoms with Crippen molar-refractivity contribution in [1.29, 1.82) is 0 Å². The topological polar surface area (TPSA) is 54.5 Å². The molecule has 0 aliphatic carbocycles. The van der Waals surface area contributed by atoms with Crippen molar-refractivity contribution in [3.05, 3.63) is 53.7 Å². The van der Waals surface area contributed by atoms with Crippen LogP contribution in [0.5, 0.6) is 5.88 Å². The SMILES string of the molecule is Cc1ccc(C(=O)Nc2ccc(OCCN(C)C)nc2)cc1. The third-order valence-corrected chi connectivity index (χ3v) is 3.10. The van der Waals surface area contributed by atoms with E-state index in [1.54, 1.807) is 30.5 Å². The van der Waals surface area contributed by atoms with Crippen molar-refractivity contribution in [2.24, 2.45) is 0 Å². The van der Waals surface area contributed by atoms with Gasteiger partial charge in [-0.05, 0) is 39.2 Å². The molecule has 0 spiro atoms. The van der Waals surface area contributed by atoms with Crippen LogP contribution in [0.2, 0.25) is 0 Å². The van der Waals surface area contributed by atoms with Gasteiger partial charge in [-0.15, -0.1) is 0 Å². The number of amides is 1. The largest absolute Gasteiger partial charge is 0.476 e. The van der Waals surface area contributed by atoms with Crippen LogP contribution in [0.25, 0.3) is 0 Å². The number of pyridine rings is 1. The number of aromatic nitrogens is 1. The molecule has 5 heteroatoms. The molecule has 0 atom stereocenters. The van der Waals surface area contributed by atoms with Crippen LogP contribution in [0.4, 0.5) is 5.69 Å². The molecule has 5 nitrogen and oxygen atoms in total. The maximum absolute atomic E-state index is 12.1. The predicted octanol–water partition coefficient (Wildman–Crippen LogP) is 2.58. The Morgan fingerprint density at radius 2 is 1.91 bits per heavy atom. The molecular weight excluding hydrogens is 278 g/mol. The Labute approximate surface area is 130 Å². The molecule has 0 aliphatic heterocycles. The maximum atomic E-state index is 12.1. The fraction of sp³-hybridized carbons (Fsp3) is 0.294. The monoisotopic (exact) mass is 299 g/mol. The molecule has 0 saturated carbocycles. The van der Waals surface area contributed by atoms with Crippen LogP contribution < -0.4 is 10.1 Å². The van der Waals surface area contributed by atoms with Gasteiger partial charge in [0.1, 0.15) is 6.61 Å². The average molecular weight is 299 g/mol. The number of nitrogens with one attached hydrogen (secondary N) is 1. The standard InChI is InChI=1S/C17H21N3O2/c1-13-4-6-14(7-5-13)17(21)19-15-8-9-16(18-12-15)22-11-10-20(2)3/h4-9,12H,10-11H2,1-3H3,(H,19,21). The first-order valence-electron chi connectivity index (χ1n) is 7.16. The molecular formula is C17H21N3O2. The van der Waals surface area contributed by atoms with Gasteiger partial charge in [-0.3, -0.25) is 4.79 Å². The highest BCUT2D eigenvalue weighted by atomic mass is 16.5. The Hall–Kier alpha value is -2.40. The van der Waals surface area contributed by atoms with Crippen LogP contribution in [0.1, 0.15) is 15.9 Å². The molecule has 1 amide bonds. The lowest BCUT2D eigenvalue weighted by Gasteiger charge is -2.10. The lowest BCUT2D eigenvalue weighted by atomic mass is 10.1. The van der Waals surface area contributed by atoms with Gasteiger partial charge in [-0.1, -0.05) is 17.7 Å². The minimum Gasteiger partial charge on any atom is -0.476 e. The van der Waals surface area contributed by atoms with Gasteiger partial charge in [-0.25, -0.2) is 4.98 Å². The van der Waals surface area contributed by atoms with E-state index in [9.17, 15) is 4.79 Å². The lowest BCUT2D eigenvalue weighted by Crippen LogP contribution is -2.19. The quantitative estimate of drug-likeness (QED) is 0.891. The number of carbonyl (C=O) groups excluding carboxylic acids is 1. The molecule has 0 saturated heterocycles. The minimum absolute atomic E-state index is 0.150. The molecule has 2 rings (SSSR count). The number of hydrogen-bond donors (Lipinski definition) is 1. The zero-order valence-corrected chi connectivity index (χ0v) is 13.2. The number of aryl methyl sites for hydroxylation is 1. The molecule has 0 aliphatic rings. The second-order valence-corrected chi connectivity index (χ2v) is 5.36. The highest BCUT2D eigenvalue weighted by Gasteiger charge is 2.06. The molecule has 116 valence electrons. The number of hydrogen-bond acceptors (Lipinski definition) is 4. The summed E-state index contributed by atoms with van der Waals surface area (Å²) in [7, 11) is 3.97. The zero-order chi connectivity index (χ0) is 15.9. The van der Waals surface area contributed by atoms with Crippen LogP contribution in [0, 0.1) is 6.92 Å². The summed E-state index contributed by atoms with van der Waals surface area (Å²) in [6.07, 6.45) is 1.59. The molecule has 1 aromatic carbocycles. The van der Waals surface area contributed by atoms with Crippen LogP contribution in [0.3, 0.4) is 0 Å². The number of likely N-dealkylation sites (N-methyl/N-ethyl adjacent to an activating group) is 1. The number of rotatable bonds is 6. The smallest absolute Gasteiger partial charge is 0.255 e. The van der Waals surface area contributed by atoms with E-state index in [0.29, 0.717) is 23.7 Å². The van der Waals surface area contributed by atoms with E-state index in [4.69, 9.17) is 4.74 Å². The Morgan fingerprint density at radius 3 is 2.50 bits per heavy atom. The summed E-state index contributed by atoms with van der Waals surface area (Å²) in [6, 6.07) is 11.0. The number of ether oxygens (including phenoxy) is 1. The van der Waals surface area contributed by atoms with E-state index in [0.717, 1.165) is 12.1 Å². The molecule has 1 heterocycles. The van der Waals surface area contributed by atoms with Gasteiger partial charge in [0.05, 0.1) is 11.9 Å². The lowest BCUT2D eigenvalue weighted by molar-refractivity contribution is 0.102. The fourth-order valence-electron chi connectivity index (χ4n) is 1.78. The summed E-state index contributed by atoms with van der Waals surface area (Å²) in [4.78, 5) is 18.3. The van der Waals surface area contributed by atoms with Crippen LogP contribution in [-0.4, -0.2) is 43.0 Å². The summed E-state index contributed by atoms with van der Waals surface area (Å²) in [5.74, 6) is 0.401. The van der Waals surface area contributed by atoms with E-state index in [2.05, 4.69) is 10.3 Å². The molecule has 22 heavy (non-hydrogen) atoms. The molecule has 0 fully saturated rings. The molecule has 0 unspecified atom stereocenters. The number of carbonyl (C=O) groups is 1. The van der Waals surface area contributed by atoms with E-state index in [1.807, 2.05) is 38.1 Å². The Bertz CT molecular complexity index is 607. The third-order valence-electron chi connectivity index (χ3n) is 3.10. The van der Waals surface area contributed by atoms with Gasteiger partial charge in [0.2, 0.25) is 5.88 Å². The Morgan fingerprint density at radius 1 is 1.18 bits per heavy atom. The van der Waals surface area contributed by atoms with Gasteiger partial charge >= 0.3 is 0 Å². The second kappa shape index (κ2) is 7.56. The first-order valence-corrected chi connectivity index (χ1v) is 7.16. The normalized spacial score (nSPS) is 10.5. The molecule has 0 radical (unpaired) electrons. The average Bonchev–Trinajstić information content (AvgIpc) is 2.49. The van der Waals surface area contributed by atoms with Crippen LogP contribution in [-0.2, 0) is 0 Å². The maximum Gasteiger partial charge on any atom is 0.255 e. The van der Waals surface area contributed by atoms with Crippen molar-refractivity contribution < 1.29 is 9.53 Å². The van der Waals surface area contributed by atoms with E-state index in [-0.39, 0.29) is 5.91 Å². The second-order valence-electron chi connectivity index (χ2n) is 5.36. The summed E-state index contributed by atoms with van der Waals surface area (Å²) >= 11 is 0. The Balaban J connectivity index is 1.90. The molecule has 1 N–H and O–H groups in total. The van der Waals surface area contributed by atoms with Crippen LogP contribution in [0.15, 0.2) is 42.6 Å². The van der Waals surface area contributed by atoms with Crippen molar-refractivity contribution in [3.8, 4) is 5.88 Å². The van der Waals surface area contributed by atoms with Gasteiger partial charge in [0.15, 0.2) is 0 Å². The predicted molar refractivity (Wildman–Crippen MR) is 87.4 cm³/mol. The fourth-order valence-corrected chi connectivity index (χ4v) is 1.78. The highest BCUT2D eigenvalue weighted by molar-refractivity contribution is 6.04. The number of nitrogens with zero attached hydrogens (tertiary/aromatic N) is 2. The minimum atomic E-state index is -0.150. The van der Waals surface area contributed by atoms with E-state index in [1.165, 1.54) is 0 Å². The van der Waals surface area contributed by atoms with Crippen molar-refractivity contribution in [1.82, 2.24) is 9.88 Å². The summed E-state index contributed by atoms with van der Waals surface area (Å²) in [5.41, 5.74) is 2.39.